The van der Waals surface area contributed by atoms with Gasteiger partial charge in [0.15, 0.2) is 0 Å². The van der Waals surface area contributed by atoms with E-state index < -0.39 is 24.1 Å². The van der Waals surface area contributed by atoms with Gasteiger partial charge in [-0.2, -0.15) is 0 Å². The molecule has 0 aliphatic carbocycles. The van der Waals surface area contributed by atoms with Crippen molar-refractivity contribution >= 4 is 17.7 Å². The molecule has 0 aromatic heterocycles. The zero-order chi connectivity index (χ0) is 21.2. The van der Waals surface area contributed by atoms with Crippen LogP contribution in [0, 0.1) is 12.8 Å². The summed E-state index contributed by atoms with van der Waals surface area (Å²) < 4.78 is 11.2. The summed E-state index contributed by atoms with van der Waals surface area (Å²) in [7, 11) is 0. The number of aliphatic hydroxyl groups excluding tert-OH is 1. The topological polar surface area (TPSA) is 105 Å². The second kappa shape index (κ2) is 10.9. The minimum absolute atomic E-state index is 0.0820. The Labute approximate surface area is 169 Å². The molecule has 7 nitrogen and oxygen atoms in total. The third-order valence-corrected chi connectivity index (χ3v) is 4.13. The molecule has 0 heterocycles. The third kappa shape index (κ3) is 6.97. The number of ether oxygens (including phenoxy) is 2. The number of hydrogen-bond donors (Lipinski definition) is 3. The first-order valence-electron chi connectivity index (χ1n) is 9.18. The quantitative estimate of drug-likeness (QED) is 0.552. The molecule has 2 atom stereocenters. The number of aryl methyl sites for hydroxylation is 1. The van der Waals surface area contributed by atoms with E-state index in [1.807, 2.05) is 19.1 Å². The molecule has 0 radical (unpaired) electrons. The molecule has 0 unspecified atom stereocenters. The van der Waals surface area contributed by atoms with E-state index in [-0.39, 0.29) is 13.2 Å². The van der Waals surface area contributed by atoms with Gasteiger partial charge in [0.2, 0.25) is 0 Å². The Morgan fingerprint density at radius 2 is 1.83 bits per heavy atom. The number of amides is 1. The first-order chi connectivity index (χ1) is 13.9. The Hall–Kier alpha value is -3.32. The van der Waals surface area contributed by atoms with Crippen molar-refractivity contribution in [2.24, 2.45) is 5.92 Å². The van der Waals surface area contributed by atoms with Crippen LogP contribution in [0.3, 0.4) is 0 Å². The monoisotopic (exact) mass is 399 g/mol. The Bertz CT molecular complexity index is 847. The number of aliphatic carboxylic acids is 1. The number of carbonyl (C=O) groups is 2. The number of nitrogens with one attached hydrogen (secondary N) is 1. The number of rotatable bonds is 9. The highest BCUT2D eigenvalue weighted by Gasteiger charge is 2.25. The molecule has 2 rings (SSSR count). The maximum Gasteiger partial charge on any atom is 0.412 e. The van der Waals surface area contributed by atoms with E-state index in [2.05, 4.69) is 5.32 Å². The maximum atomic E-state index is 12.5. The second-order valence-electron chi connectivity index (χ2n) is 6.48. The van der Waals surface area contributed by atoms with Crippen molar-refractivity contribution in [3.8, 4) is 5.75 Å². The van der Waals surface area contributed by atoms with Gasteiger partial charge < -0.3 is 19.7 Å². The average Bonchev–Trinajstić information content (AvgIpc) is 2.70. The summed E-state index contributed by atoms with van der Waals surface area (Å²) in [6.45, 7) is 3.60. The SMILES string of the molecule is Cc1ccc(NC(=O)O[C@H](c2ccccc2OCCO)[C@@H](C)/C=C/C(=O)O)cc1. The van der Waals surface area contributed by atoms with Gasteiger partial charge in [-0.1, -0.05) is 48.9 Å². The number of anilines is 1. The summed E-state index contributed by atoms with van der Waals surface area (Å²) in [5.41, 5.74) is 2.21. The minimum atomic E-state index is -1.09. The number of hydrogen-bond acceptors (Lipinski definition) is 5. The number of carboxylic acids is 1. The van der Waals surface area contributed by atoms with Gasteiger partial charge >= 0.3 is 12.1 Å². The fourth-order valence-corrected chi connectivity index (χ4v) is 2.69. The van der Waals surface area contributed by atoms with Gasteiger partial charge in [-0.05, 0) is 25.1 Å². The van der Waals surface area contributed by atoms with Gasteiger partial charge in [-0.25, -0.2) is 9.59 Å². The van der Waals surface area contributed by atoms with Crippen LogP contribution in [0.25, 0.3) is 0 Å². The first kappa shape index (κ1) is 22.0. The number of para-hydroxylation sites is 1. The van der Waals surface area contributed by atoms with Gasteiger partial charge in [0.25, 0.3) is 0 Å². The van der Waals surface area contributed by atoms with Crippen LogP contribution in [0.1, 0.15) is 24.2 Å². The van der Waals surface area contributed by atoms with Crippen LogP contribution in [-0.2, 0) is 9.53 Å². The van der Waals surface area contributed by atoms with Crippen LogP contribution in [0.15, 0.2) is 60.7 Å². The predicted octanol–water partition coefficient (Wildman–Crippen LogP) is 3.93. The van der Waals surface area contributed by atoms with Crippen molar-refractivity contribution in [1.29, 1.82) is 0 Å². The molecule has 0 spiro atoms. The van der Waals surface area contributed by atoms with E-state index in [9.17, 15) is 9.59 Å². The standard InChI is InChI=1S/C22H25NO6/c1-15-7-10-17(11-8-15)23-22(27)29-21(16(2)9-12-20(25)26)18-5-3-4-6-19(18)28-14-13-24/h3-12,16,21,24H,13-14H2,1-2H3,(H,23,27)(H,25,26)/b12-9+/t16-,21-/m0/s1. The Balaban J connectivity index is 2.26. The maximum absolute atomic E-state index is 12.5. The molecule has 0 fully saturated rings. The summed E-state index contributed by atoms with van der Waals surface area (Å²) >= 11 is 0. The lowest BCUT2D eigenvalue weighted by Gasteiger charge is -2.24. The van der Waals surface area contributed by atoms with Crippen LogP contribution in [0.5, 0.6) is 5.75 Å². The van der Waals surface area contributed by atoms with Gasteiger partial charge in [0.1, 0.15) is 18.5 Å². The Morgan fingerprint density at radius 1 is 1.14 bits per heavy atom. The van der Waals surface area contributed by atoms with Gasteiger partial charge in [0, 0.05) is 23.2 Å². The highest BCUT2D eigenvalue weighted by atomic mass is 16.6. The molecule has 0 aliphatic rings. The summed E-state index contributed by atoms with van der Waals surface area (Å²) in [5.74, 6) is -1.09. The van der Waals surface area contributed by atoms with Crippen molar-refractivity contribution in [1.82, 2.24) is 0 Å². The normalized spacial score (nSPS) is 12.9. The van der Waals surface area contributed by atoms with E-state index in [1.54, 1.807) is 43.3 Å². The van der Waals surface area contributed by atoms with E-state index in [1.165, 1.54) is 6.08 Å². The Morgan fingerprint density at radius 3 is 2.48 bits per heavy atom. The molecule has 7 heteroatoms. The number of carbonyl (C=O) groups excluding carboxylic acids is 1. The van der Waals surface area contributed by atoms with Crippen molar-refractivity contribution in [2.75, 3.05) is 18.5 Å². The molecule has 2 aromatic rings. The lowest BCUT2D eigenvalue weighted by atomic mass is 9.96. The van der Waals surface area contributed by atoms with Crippen LogP contribution in [0.4, 0.5) is 10.5 Å². The average molecular weight is 399 g/mol. The minimum Gasteiger partial charge on any atom is -0.491 e. The van der Waals surface area contributed by atoms with Crippen molar-refractivity contribution < 1.29 is 29.3 Å². The van der Waals surface area contributed by atoms with Crippen LogP contribution < -0.4 is 10.1 Å². The molecular formula is C22H25NO6. The van der Waals surface area contributed by atoms with E-state index in [0.717, 1.165) is 11.6 Å². The number of aliphatic hydroxyl groups is 1. The molecular weight excluding hydrogens is 374 g/mol. The van der Waals surface area contributed by atoms with Crippen LogP contribution >= 0.6 is 0 Å². The van der Waals surface area contributed by atoms with Gasteiger partial charge in [0.05, 0.1) is 6.61 Å². The largest absolute Gasteiger partial charge is 0.491 e. The van der Waals surface area contributed by atoms with Gasteiger partial charge in [-0.3, -0.25) is 5.32 Å². The lowest BCUT2D eigenvalue weighted by molar-refractivity contribution is -0.131. The van der Waals surface area contributed by atoms with Crippen LogP contribution in [-0.4, -0.2) is 35.5 Å². The molecule has 3 N–H and O–H groups in total. The van der Waals surface area contributed by atoms with Crippen LogP contribution in [0.2, 0.25) is 0 Å². The van der Waals surface area contributed by atoms with Crippen molar-refractivity contribution in [3.05, 3.63) is 71.8 Å². The van der Waals surface area contributed by atoms with E-state index >= 15 is 0 Å². The molecule has 0 aliphatic heterocycles. The molecule has 0 saturated carbocycles. The predicted molar refractivity (Wildman–Crippen MR) is 109 cm³/mol. The van der Waals surface area contributed by atoms with E-state index in [4.69, 9.17) is 19.7 Å². The molecule has 0 bridgehead atoms. The van der Waals surface area contributed by atoms with Crippen molar-refractivity contribution in [3.63, 3.8) is 0 Å². The summed E-state index contributed by atoms with van der Waals surface area (Å²) in [5, 5.41) is 20.6. The number of benzene rings is 2. The highest BCUT2D eigenvalue weighted by molar-refractivity contribution is 5.84. The lowest BCUT2D eigenvalue weighted by Crippen LogP contribution is -2.22. The molecule has 1 amide bonds. The number of carboxylic acid groups (broad SMARTS) is 1. The Kier molecular flexibility index (Phi) is 8.24. The third-order valence-electron chi connectivity index (χ3n) is 4.13. The molecule has 0 saturated heterocycles. The zero-order valence-corrected chi connectivity index (χ0v) is 16.4. The zero-order valence-electron chi connectivity index (χ0n) is 16.4. The smallest absolute Gasteiger partial charge is 0.412 e. The first-order valence-corrected chi connectivity index (χ1v) is 9.18. The summed E-state index contributed by atoms with van der Waals surface area (Å²) in [6, 6.07) is 14.2. The fraction of sp³-hybridized carbons (Fsp3) is 0.273. The second-order valence-corrected chi connectivity index (χ2v) is 6.48. The molecule has 29 heavy (non-hydrogen) atoms. The molecule has 2 aromatic carbocycles. The molecule has 154 valence electrons. The summed E-state index contributed by atoms with van der Waals surface area (Å²) in [4.78, 5) is 23.4. The fourth-order valence-electron chi connectivity index (χ4n) is 2.69. The highest BCUT2D eigenvalue weighted by Crippen LogP contribution is 2.34. The van der Waals surface area contributed by atoms with Crippen molar-refractivity contribution in [2.45, 2.75) is 20.0 Å². The van der Waals surface area contributed by atoms with E-state index in [0.29, 0.717) is 17.0 Å². The van der Waals surface area contributed by atoms with Gasteiger partial charge in [-0.15, -0.1) is 0 Å². The summed E-state index contributed by atoms with van der Waals surface area (Å²) in [6.07, 6.45) is 0.989.